The molecule has 0 aromatic carbocycles. The molecule has 1 fully saturated rings. The summed E-state index contributed by atoms with van der Waals surface area (Å²) in [5, 5.41) is 8.72. The van der Waals surface area contributed by atoms with Crippen molar-refractivity contribution in [2.45, 2.75) is 58.2 Å². The summed E-state index contributed by atoms with van der Waals surface area (Å²) in [6.07, 6.45) is 2.92. The van der Waals surface area contributed by atoms with Crippen molar-refractivity contribution in [3.8, 4) is 0 Å². The van der Waals surface area contributed by atoms with Crippen LogP contribution in [0.5, 0.6) is 0 Å². The van der Waals surface area contributed by atoms with Crippen LogP contribution in [0.4, 0.5) is 4.79 Å². The Balaban J connectivity index is 0.00000338. The van der Waals surface area contributed by atoms with E-state index in [4.69, 9.17) is 4.74 Å². The number of rotatable bonds is 4. The van der Waals surface area contributed by atoms with Crippen LogP contribution in [0.1, 0.15) is 44.9 Å². The number of hydrogen-bond donors (Lipinski definition) is 2. The average Bonchev–Trinajstić information content (AvgIpc) is 3.07. The van der Waals surface area contributed by atoms with Crippen LogP contribution in [0.2, 0.25) is 0 Å². The number of ether oxygens (including phenoxy) is 1. The Morgan fingerprint density at radius 2 is 2.15 bits per heavy atom. The number of aliphatic imine (C=N–C) groups is 1. The van der Waals surface area contributed by atoms with Crippen molar-refractivity contribution in [3.63, 3.8) is 0 Å². The number of guanidine groups is 1. The Hall–Kier alpha value is -1.03. The van der Waals surface area contributed by atoms with Gasteiger partial charge in [0, 0.05) is 25.0 Å². The van der Waals surface area contributed by atoms with Gasteiger partial charge >= 0.3 is 6.09 Å². The molecule has 1 aliphatic heterocycles. The molecular weight excluding hydrogens is 463 g/mol. The zero-order valence-electron chi connectivity index (χ0n) is 16.1. The normalized spacial score (nSPS) is 18.1. The lowest BCUT2D eigenvalue weighted by atomic mass is 10.0. The summed E-state index contributed by atoms with van der Waals surface area (Å²) in [6, 6.07) is 4.26. The molecule has 0 radical (unpaired) electrons. The molecule has 0 saturated carbocycles. The van der Waals surface area contributed by atoms with Crippen LogP contribution in [0.25, 0.3) is 0 Å². The van der Waals surface area contributed by atoms with E-state index < -0.39 is 5.60 Å². The van der Waals surface area contributed by atoms with Crippen molar-refractivity contribution < 1.29 is 9.53 Å². The molecule has 1 saturated heterocycles. The zero-order chi connectivity index (χ0) is 18.3. The molecule has 26 heavy (non-hydrogen) atoms. The maximum atomic E-state index is 12.5. The molecule has 0 spiro atoms. The Kier molecular flexibility index (Phi) is 9.70. The van der Waals surface area contributed by atoms with E-state index in [0.29, 0.717) is 6.54 Å². The molecule has 148 valence electrons. The van der Waals surface area contributed by atoms with Crippen LogP contribution < -0.4 is 10.6 Å². The number of carbonyl (C=O) groups is 1. The van der Waals surface area contributed by atoms with Crippen molar-refractivity contribution in [2.24, 2.45) is 4.99 Å². The molecule has 1 aromatic rings. The zero-order valence-corrected chi connectivity index (χ0v) is 19.2. The number of hydrogen-bond acceptors (Lipinski definition) is 4. The third-order valence-electron chi connectivity index (χ3n) is 3.99. The second-order valence-corrected chi connectivity index (χ2v) is 8.24. The van der Waals surface area contributed by atoms with Crippen molar-refractivity contribution in [3.05, 3.63) is 22.4 Å². The number of piperidine rings is 1. The van der Waals surface area contributed by atoms with Crippen LogP contribution >= 0.6 is 35.3 Å². The molecule has 1 unspecified atom stereocenters. The van der Waals surface area contributed by atoms with E-state index in [2.05, 4.69) is 27.1 Å². The SMILES string of the molecule is CN=C(NCc1cccs1)NCC1CCCCN1C(=O)OC(C)(C)C.I. The molecule has 8 heteroatoms. The third-order valence-corrected chi connectivity index (χ3v) is 4.87. The summed E-state index contributed by atoms with van der Waals surface area (Å²) in [5.41, 5.74) is -0.467. The summed E-state index contributed by atoms with van der Waals surface area (Å²) in [6.45, 7) is 7.87. The van der Waals surface area contributed by atoms with Crippen LogP contribution in [-0.2, 0) is 11.3 Å². The lowest BCUT2D eigenvalue weighted by molar-refractivity contribution is 0.0104. The standard InChI is InChI=1S/C18H30N4O2S.HI/c1-18(2,3)24-17(23)22-10-6-5-8-14(22)12-20-16(19-4)21-13-15-9-7-11-25-15;/h7,9,11,14H,5-6,8,10,12-13H2,1-4H3,(H2,19,20,21);1H. The van der Waals surface area contributed by atoms with E-state index in [-0.39, 0.29) is 36.1 Å². The first kappa shape index (κ1) is 23.0. The Morgan fingerprint density at radius 1 is 1.38 bits per heavy atom. The van der Waals surface area contributed by atoms with Crippen molar-refractivity contribution in [2.75, 3.05) is 20.1 Å². The van der Waals surface area contributed by atoms with E-state index in [1.54, 1.807) is 18.4 Å². The maximum Gasteiger partial charge on any atom is 0.410 e. The van der Waals surface area contributed by atoms with Gasteiger partial charge in [-0.05, 0) is 51.5 Å². The van der Waals surface area contributed by atoms with E-state index in [1.165, 1.54) is 4.88 Å². The first-order chi connectivity index (χ1) is 11.9. The van der Waals surface area contributed by atoms with Gasteiger partial charge < -0.3 is 20.3 Å². The molecule has 6 nitrogen and oxygen atoms in total. The second kappa shape index (κ2) is 11.0. The van der Waals surface area contributed by atoms with Gasteiger partial charge in [0.15, 0.2) is 5.96 Å². The van der Waals surface area contributed by atoms with Gasteiger partial charge in [0.25, 0.3) is 0 Å². The fraction of sp³-hybridized carbons (Fsp3) is 0.667. The first-order valence-corrected chi connectivity index (χ1v) is 9.73. The number of carbonyl (C=O) groups excluding carboxylic acids is 1. The van der Waals surface area contributed by atoms with Crippen LogP contribution in [0.3, 0.4) is 0 Å². The lowest BCUT2D eigenvalue weighted by Gasteiger charge is -2.37. The molecule has 1 atom stereocenters. The number of likely N-dealkylation sites (tertiary alicyclic amines) is 1. The molecule has 1 aliphatic rings. The quantitative estimate of drug-likeness (QED) is 0.380. The largest absolute Gasteiger partial charge is 0.444 e. The average molecular weight is 494 g/mol. The van der Waals surface area contributed by atoms with E-state index >= 15 is 0 Å². The van der Waals surface area contributed by atoms with Gasteiger partial charge in [-0.15, -0.1) is 35.3 Å². The molecule has 2 rings (SSSR count). The fourth-order valence-electron chi connectivity index (χ4n) is 2.79. The Morgan fingerprint density at radius 3 is 2.77 bits per heavy atom. The molecule has 2 N–H and O–H groups in total. The smallest absolute Gasteiger partial charge is 0.410 e. The topological polar surface area (TPSA) is 66.0 Å². The van der Waals surface area contributed by atoms with E-state index in [1.807, 2.05) is 31.7 Å². The molecule has 0 bridgehead atoms. The number of amides is 1. The summed E-state index contributed by atoms with van der Waals surface area (Å²) >= 11 is 1.72. The van der Waals surface area contributed by atoms with E-state index in [9.17, 15) is 4.79 Å². The molecule has 2 heterocycles. The molecule has 0 aliphatic carbocycles. The van der Waals surface area contributed by atoms with Gasteiger partial charge in [-0.1, -0.05) is 6.07 Å². The van der Waals surface area contributed by atoms with Crippen LogP contribution in [-0.4, -0.2) is 48.7 Å². The fourth-order valence-corrected chi connectivity index (χ4v) is 3.44. The molecule has 1 aromatic heterocycles. The number of nitrogens with zero attached hydrogens (tertiary/aromatic N) is 2. The van der Waals surface area contributed by atoms with Crippen LogP contribution in [0.15, 0.2) is 22.5 Å². The van der Waals surface area contributed by atoms with Crippen molar-refractivity contribution in [1.82, 2.24) is 15.5 Å². The minimum absolute atomic E-state index is 0. The second-order valence-electron chi connectivity index (χ2n) is 7.21. The van der Waals surface area contributed by atoms with Gasteiger partial charge in [0.05, 0.1) is 12.6 Å². The Labute approximate surface area is 177 Å². The van der Waals surface area contributed by atoms with Crippen molar-refractivity contribution >= 4 is 47.4 Å². The monoisotopic (exact) mass is 494 g/mol. The van der Waals surface area contributed by atoms with E-state index in [0.717, 1.165) is 38.3 Å². The highest BCUT2D eigenvalue weighted by molar-refractivity contribution is 14.0. The predicted octanol–water partition coefficient (Wildman–Crippen LogP) is 3.82. The maximum absolute atomic E-state index is 12.5. The highest BCUT2D eigenvalue weighted by atomic mass is 127. The lowest BCUT2D eigenvalue weighted by Crippen LogP contribution is -2.52. The van der Waals surface area contributed by atoms with Gasteiger partial charge in [-0.2, -0.15) is 0 Å². The van der Waals surface area contributed by atoms with Crippen molar-refractivity contribution in [1.29, 1.82) is 0 Å². The van der Waals surface area contributed by atoms with Gasteiger partial charge in [0.2, 0.25) is 0 Å². The molecular formula is C18H31IN4O2S. The van der Waals surface area contributed by atoms with Gasteiger partial charge in [-0.3, -0.25) is 4.99 Å². The van der Waals surface area contributed by atoms with Gasteiger partial charge in [-0.25, -0.2) is 4.79 Å². The minimum Gasteiger partial charge on any atom is -0.444 e. The summed E-state index contributed by atoms with van der Waals surface area (Å²) in [4.78, 5) is 19.8. The number of nitrogens with one attached hydrogen (secondary N) is 2. The molecule has 1 amide bonds. The minimum atomic E-state index is -0.467. The summed E-state index contributed by atoms with van der Waals surface area (Å²) in [7, 11) is 1.76. The highest BCUT2D eigenvalue weighted by Gasteiger charge is 2.30. The highest BCUT2D eigenvalue weighted by Crippen LogP contribution is 2.20. The van der Waals surface area contributed by atoms with Crippen LogP contribution in [0, 0.1) is 0 Å². The Bertz CT molecular complexity index is 572. The number of halogens is 1. The summed E-state index contributed by atoms with van der Waals surface area (Å²) < 4.78 is 5.55. The first-order valence-electron chi connectivity index (χ1n) is 8.85. The number of thiophene rings is 1. The predicted molar refractivity (Wildman–Crippen MR) is 119 cm³/mol. The van der Waals surface area contributed by atoms with Gasteiger partial charge in [0.1, 0.15) is 5.60 Å². The third kappa shape index (κ3) is 7.69. The summed E-state index contributed by atoms with van der Waals surface area (Å²) in [5.74, 6) is 0.753.